The molecule has 1 aromatic carbocycles. The summed E-state index contributed by atoms with van der Waals surface area (Å²) in [4.78, 5) is 17.0. The third kappa shape index (κ3) is 4.17. The molecule has 0 unspecified atom stereocenters. The van der Waals surface area contributed by atoms with E-state index < -0.39 is 0 Å². The first-order valence-electron chi connectivity index (χ1n) is 9.44. The molecule has 1 saturated carbocycles. The minimum Gasteiger partial charge on any atom is -0.299 e. The number of benzene rings is 1. The Bertz CT molecular complexity index is 688. The highest BCUT2D eigenvalue weighted by molar-refractivity contribution is 5.87. The van der Waals surface area contributed by atoms with Gasteiger partial charge in [0.15, 0.2) is 0 Å². The Hall–Kier alpha value is -1.97. The Kier molecular flexibility index (Phi) is 5.36. The summed E-state index contributed by atoms with van der Waals surface area (Å²) in [6.45, 7) is 7.01. The van der Waals surface area contributed by atoms with Crippen molar-refractivity contribution >= 4 is 5.78 Å². The van der Waals surface area contributed by atoms with Crippen molar-refractivity contribution in [3.8, 4) is 0 Å². The SMILES string of the molecule is CCc1ccc(CC[C@@H]2CCC(C)(C)C(=O)[C@H]2Cn2cncn2)cc1. The molecule has 1 fully saturated rings. The summed E-state index contributed by atoms with van der Waals surface area (Å²) in [7, 11) is 0. The van der Waals surface area contributed by atoms with E-state index in [1.807, 2.05) is 4.68 Å². The highest BCUT2D eigenvalue weighted by atomic mass is 16.1. The van der Waals surface area contributed by atoms with E-state index in [0.29, 0.717) is 18.2 Å². The maximum absolute atomic E-state index is 13.0. The van der Waals surface area contributed by atoms with Gasteiger partial charge in [0.25, 0.3) is 0 Å². The number of aryl methyl sites for hydroxylation is 2. The van der Waals surface area contributed by atoms with Gasteiger partial charge in [0.1, 0.15) is 18.4 Å². The number of rotatable bonds is 6. The van der Waals surface area contributed by atoms with Gasteiger partial charge in [0, 0.05) is 11.3 Å². The van der Waals surface area contributed by atoms with Gasteiger partial charge in [-0.1, -0.05) is 45.0 Å². The maximum Gasteiger partial charge on any atom is 0.143 e. The molecule has 0 aliphatic heterocycles. The molecule has 134 valence electrons. The number of nitrogens with zero attached hydrogens (tertiary/aromatic N) is 3. The van der Waals surface area contributed by atoms with Crippen molar-refractivity contribution < 1.29 is 4.79 Å². The first kappa shape index (κ1) is 17.8. The lowest BCUT2D eigenvalue weighted by atomic mass is 9.65. The number of hydrogen-bond donors (Lipinski definition) is 0. The van der Waals surface area contributed by atoms with Crippen molar-refractivity contribution in [3.05, 3.63) is 48.0 Å². The minimum absolute atomic E-state index is 0.0420. The first-order chi connectivity index (χ1) is 12.0. The van der Waals surface area contributed by atoms with E-state index in [1.54, 1.807) is 12.7 Å². The maximum atomic E-state index is 13.0. The monoisotopic (exact) mass is 339 g/mol. The first-order valence-corrected chi connectivity index (χ1v) is 9.44. The van der Waals surface area contributed by atoms with Crippen molar-refractivity contribution in [2.45, 2.75) is 59.4 Å². The zero-order valence-electron chi connectivity index (χ0n) is 15.6. The molecular weight excluding hydrogens is 310 g/mol. The summed E-state index contributed by atoms with van der Waals surface area (Å²) in [6.07, 6.45) is 8.54. The van der Waals surface area contributed by atoms with Crippen LogP contribution in [0.2, 0.25) is 0 Å². The van der Waals surface area contributed by atoms with Crippen LogP contribution in [0.3, 0.4) is 0 Å². The van der Waals surface area contributed by atoms with Gasteiger partial charge in [-0.2, -0.15) is 5.10 Å². The molecule has 0 bridgehead atoms. The molecule has 1 aliphatic rings. The number of aromatic nitrogens is 3. The second-order valence-corrected chi connectivity index (χ2v) is 7.98. The summed E-state index contributed by atoms with van der Waals surface area (Å²) >= 11 is 0. The van der Waals surface area contributed by atoms with E-state index in [2.05, 4.69) is 55.1 Å². The highest BCUT2D eigenvalue weighted by Crippen LogP contribution is 2.41. The summed E-state index contributed by atoms with van der Waals surface area (Å²) in [5.41, 5.74) is 2.53. The lowest BCUT2D eigenvalue weighted by Crippen LogP contribution is -2.42. The van der Waals surface area contributed by atoms with Crippen molar-refractivity contribution in [3.63, 3.8) is 0 Å². The molecule has 0 saturated heterocycles. The number of Topliss-reactive ketones (excluding diaryl/α,β-unsaturated/α-hetero) is 1. The molecule has 1 aromatic heterocycles. The summed E-state index contributed by atoms with van der Waals surface area (Å²) in [6, 6.07) is 8.91. The molecule has 2 atom stereocenters. The Morgan fingerprint density at radius 2 is 1.92 bits per heavy atom. The molecule has 3 rings (SSSR count). The quantitative estimate of drug-likeness (QED) is 0.796. The molecule has 0 amide bonds. The lowest BCUT2D eigenvalue weighted by Gasteiger charge is -2.39. The van der Waals surface area contributed by atoms with E-state index in [9.17, 15) is 4.79 Å². The number of hydrogen-bond acceptors (Lipinski definition) is 3. The van der Waals surface area contributed by atoms with Crippen molar-refractivity contribution in [1.29, 1.82) is 0 Å². The summed E-state index contributed by atoms with van der Waals surface area (Å²) < 4.78 is 1.81. The minimum atomic E-state index is -0.218. The normalized spacial score (nSPS) is 22.9. The van der Waals surface area contributed by atoms with Crippen LogP contribution in [0.15, 0.2) is 36.9 Å². The average molecular weight is 339 g/mol. The van der Waals surface area contributed by atoms with Gasteiger partial charge < -0.3 is 0 Å². The lowest BCUT2D eigenvalue weighted by molar-refractivity contribution is -0.137. The molecule has 25 heavy (non-hydrogen) atoms. The summed E-state index contributed by atoms with van der Waals surface area (Å²) in [5, 5.41) is 4.22. The zero-order valence-corrected chi connectivity index (χ0v) is 15.6. The molecule has 1 aliphatic carbocycles. The van der Waals surface area contributed by atoms with Gasteiger partial charge in [-0.15, -0.1) is 0 Å². The molecule has 2 aromatic rings. The van der Waals surface area contributed by atoms with Gasteiger partial charge in [0.2, 0.25) is 0 Å². The Morgan fingerprint density at radius 1 is 1.20 bits per heavy atom. The second-order valence-electron chi connectivity index (χ2n) is 7.98. The molecule has 0 radical (unpaired) electrons. The van der Waals surface area contributed by atoms with E-state index >= 15 is 0 Å². The molecule has 0 spiro atoms. The smallest absolute Gasteiger partial charge is 0.143 e. The van der Waals surface area contributed by atoms with Gasteiger partial charge in [0.05, 0.1) is 6.54 Å². The average Bonchev–Trinajstić information content (AvgIpc) is 3.12. The Labute approximate surface area is 150 Å². The fraction of sp³-hybridized carbons (Fsp3) is 0.571. The largest absolute Gasteiger partial charge is 0.299 e. The van der Waals surface area contributed by atoms with Crippen LogP contribution in [0.4, 0.5) is 0 Å². The predicted octanol–water partition coefficient (Wildman–Crippen LogP) is 4.09. The molecular formula is C21H29N3O. The van der Waals surface area contributed by atoms with E-state index in [1.165, 1.54) is 11.1 Å². The number of carbonyl (C=O) groups is 1. The van der Waals surface area contributed by atoms with Gasteiger partial charge in [-0.05, 0) is 49.1 Å². The zero-order chi connectivity index (χ0) is 17.9. The van der Waals surface area contributed by atoms with Crippen molar-refractivity contribution in [2.24, 2.45) is 17.3 Å². The molecule has 4 nitrogen and oxygen atoms in total. The molecule has 1 heterocycles. The standard InChI is InChI=1S/C21H29N3O/c1-4-16-5-7-17(8-6-16)9-10-18-11-12-21(2,3)20(25)19(18)13-24-15-22-14-23-24/h5-8,14-15,18-19H,4,9-13H2,1-3H3/t18-,19+/m1/s1. The third-order valence-electron chi connectivity index (χ3n) is 5.80. The highest BCUT2D eigenvalue weighted by Gasteiger charge is 2.42. The van der Waals surface area contributed by atoms with Crippen LogP contribution in [0.5, 0.6) is 0 Å². The molecule has 4 heteroatoms. The number of carbonyl (C=O) groups excluding carboxylic acids is 1. The molecule has 0 N–H and O–H groups in total. The van der Waals surface area contributed by atoms with Crippen LogP contribution in [-0.2, 0) is 24.2 Å². The van der Waals surface area contributed by atoms with Crippen molar-refractivity contribution in [1.82, 2.24) is 14.8 Å². The van der Waals surface area contributed by atoms with Crippen LogP contribution in [0.25, 0.3) is 0 Å². The van der Waals surface area contributed by atoms with Crippen LogP contribution < -0.4 is 0 Å². The van der Waals surface area contributed by atoms with Crippen LogP contribution in [-0.4, -0.2) is 20.5 Å². The van der Waals surface area contributed by atoms with Gasteiger partial charge in [-0.25, -0.2) is 4.98 Å². The fourth-order valence-electron chi connectivity index (χ4n) is 3.99. The van der Waals surface area contributed by atoms with Gasteiger partial charge in [-0.3, -0.25) is 9.48 Å². The van der Waals surface area contributed by atoms with E-state index in [-0.39, 0.29) is 11.3 Å². The Morgan fingerprint density at radius 3 is 2.56 bits per heavy atom. The third-order valence-corrected chi connectivity index (χ3v) is 5.80. The predicted molar refractivity (Wildman–Crippen MR) is 99.2 cm³/mol. The van der Waals surface area contributed by atoms with Crippen LogP contribution in [0.1, 0.15) is 51.2 Å². The topological polar surface area (TPSA) is 47.8 Å². The van der Waals surface area contributed by atoms with E-state index in [4.69, 9.17) is 0 Å². The van der Waals surface area contributed by atoms with Crippen LogP contribution >= 0.6 is 0 Å². The van der Waals surface area contributed by atoms with Gasteiger partial charge >= 0.3 is 0 Å². The number of ketones is 1. The summed E-state index contributed by atoms with van der Waals surface area (Å²) in [5.74, 6) is 0.858. The van der Waals surface area contributed by atoms with E-state index in [0.717, 1.165) is 32.1 Å². The second kappa shape index (κ2) is 7.51. The van der Waals surface area contributed by atoms with Crippen LogP contribution in [0, 0.1) is 17.3 Å². The van der Waals surface area contributed by atoms with Crippen molar-refractivity contribution in [2.75, 3.05) is 0 Å². The fourth-order valence-corrected chi connectivity index (χ4v) is 3.99. The Balaban J connectivity index is 1.69.